The molecule has 8 heteroatoms. The van der Waals surface area contributed by atoms with Gasteiger partial charge in [-0.05, 0) is 25.8 Å². The maximum atomic E-state index is 12.5. The quantitative estimate of drug-likeness (QED) is 0.409. The predicted octanol–water partition coefficient (Wildman–Crippen LogP) is 2.60. The summed E-state index contributed by atoms with van der Waals surface area (Å²) in [4.78, 5) is 50.6. The van der Waals surface area contributed by atoms with Crippen LogP contribution in [0.25, 0.3) is 11.0 Å². The van der Waals surface area contributed by atoms with Gasteiger partial charge in [-0.2, -0.15) is 0 Å². The molecule has 4 rings (SSSR count). The number of benzene rings is 1. The van der Waals surface area contributed by atoms with Crippen molar-refractivity contribution in [2.75, 3.05) is 13.2 Å². The molecule has 0 N–H and O–H groups in total. The van der Waals surface area contributed by atoms with Crippen LogP contribution < -0.4 is 0 Å². The molecule has 1 aromatic carbocycles. The molecule has 0 unspecified atom stereocenters. The highest BCUT2D eigenvalue weighted by Crippen LogP contribution is 2.35. The van der Waals surface area contributed by atoms with Crippen LogP contribution in [0, 0.1) is 11.8 Å². The molecule has 1 saturated heterocycles. The van der Waals surface area contributed by atoms with Gasteiger partial charge < -0.3 is 13.9 Å². The highest BCUT2D eigenvalue weighted by molar-refractivity contribution is 6.07. The summed E-state index contributed by atoms with van der Waals surface area (Å²) in [7, 11) is 0. The number of rotatable bonds is 6. The third kappa shape index (κ3) is 3.49. The van der Waals surface area contributed by atoms with E-state index in [0.717, 1.165) is 4.90 Å². The van der Waals surface area contributed by atoms with Crippen molar-refractivity contribution < 1.29 is 33.1 Å². The molecule has 8 nitrogen and oxygen atoms in total. The molecular formula is C22H21NO7. The number of amides is 2. The number of nitrogens with zero attached hydrogens (tertiary/aromatic N) is 1. The molecule has 1 aromatic heterocycles. The summed E-state index contributed by atoms with van der Waals surface area (Å²) in [5, 5.41) is 0.624. The minimum atomic E-state index is -0.733. The predicted molar refractivity (Wildman–Crippen MR) is 104 cm³/mol. The number of para-hydroxylation sites is 1. The number of carbonyl (C=O) groups is 4. The fourth-order valence-electron chi connectivity index (χ4n) is 3.96. The van der Waals surface area contributed by atoms with E-state index in [-0.39, 0.29) is 30.8 Å². The number of imide groups is 1. The van der Waals surface area contributed by atoms with Crippen LogP contribution in [0.15, 0.2) is 40.8 Å². The molecule has 30 heavy (non-hydrogen) atoms. The third-order valence-corrected chi connectivity index (χ3v) is 5.42. The zero-order valence-corrected chi connectivity index (χ0v) is 16.5. The van der Waals surface area contributed by atoms with E-state index in [2.05, 4.69) is 0 Å². The Morgan fingerprint density at radius 2 is 1.73 bits per heavy atom. The van der Waals surface area contributed by atoms with Crippen LogP contribution in [0.2, 0.25) is 0 Å². The first kappa shape index (κ1) is 19.9. The van der Waals surface area contributed by atoms with Crippen molar-refractivity contribution in [2.24, 2.45) is 11.8 Å². The first-order chi connectivity index (χ1) is 14.5. The number of hydrogen-bond acceptors (Lipinski definition) is 7. The summed E-state index contributed by atoms with van der Waals surface area (Å²) in [5.41, 5.74) is 0.849. The summed E-state index contributed by atoms with van der Waals surface area (Å²) in [6, 6.07) is 6.97. The van der Waals surface area contributed by atoms with Gasteiger partial charge in [0.05, 0.1) is 24.0 Å². The molecule has 0 spiro atoms. The zero-order chi connectivity index (χ0) is 21.3. The molecule has 2 atom stereocenters. The van der Waals surface area contributed by atoms with E-state index in [0.29, 0.717) is 29.4 Å². The fourth-order valence-corrected chi connectivity index (χ4v) is 3.96. The van der Waals surface area contributed by atoms with E-state index in [1.165, 1.54) is 0 Å². The second kappa shape index (κ2) is 8.14. The fraction of sp³-hybridized carbons (Fsp3) is 0.364. The minimum absolute atomic E-state index is 0.0312. The number of carbonyl (C=O) groups excluding carboxylic acids is 4. The van der Waals surface area contributed by atoms with Crippen LogP contribution in [0.1, 0.15) is 35.9 Å². The maximum Gasteiger partial charge on any atom is 0.374 e. The first-order valence-corrected chi connectivity index (χ1v) is 9.84. The molecule has 0 saturated carbocycles. The van der Waals surface area contributed by atoms with Gasteiger partial charge in [0.25, 0.3) is 0 Å². The van der Waals surface area contributed by atoms with Crippen LogP contribution >= 0.6 is 0 Å². The first-order valence-electron chi connectivity index (χ1n) is 9.84. The minimum Gasteiger partial charge on any atom is -0.460 e. The summed E-state index contributed by atoms with van der Waals surface area (Å²) >= 11 is 0. The molecule has 1 aliphatic heterocycles. The summed E-state index contributed by atoms with van der Waals surface area (Å²) in [6.45, 7) is 1.16. The normalized spacial score (nSPS) is 20.5. The van der Waals surface area contributed by atoms with Crippen molar-refractivity contribution in [1.82, 2.24) is 4.90 Å². The summed E-state index contributed by atoms with van der Waals surface area (Å²) in [5.74, 6) is -2.90. The average molecular weight is 411 g/mol. The number of esters is 2. The van der Waals surface area contributed by atoms with Gasteiger partial charge in [0.15, 0.2) is 0 Å². The second-order valence-corrected chi connectivity index (χ2v) is 7.21. The lowest BCUT2D eigenvalue weighted by Gasteiger charge is -2.14. The Labute approximate surface area is 172 Å². The van der Waals surface area contributed by atoms with Crippen molar-refractivity contribution in [3.63, 3.8) is 0 Å². The largest absolute Gasteiger partial charge is 0.460 e. The smallest absolute Gasteiger partial charge is 0.374 e. The number of ether oxygens (including phenoxy) is 2. The van der Waals surface area contributed by atoms with Crippen molar-refractivity contribution >= 4 is 34.7 Å². The van der Waals surface area contributed by atoms with Crippen molar-refractivity contribution in [2.45, 2.75) is 26.4 Å². The number of fused-ring (bicyclic) bond motifs is 2. The highest BCUT2D eigenvalue weighted by atomic mass is 16.5. The number of furan rings is 1. The Balaban J connectivity index is 1.47. The number of hydrogen-bond donors (Lipinski definition) is 0. The Bertz CT molecular complexity index is 1020. The number of likely N-dealkylation sites (tertiary alicyclic amines) is 1. The van der Waals surface area contributed by atoms with Gasteiger partial charge in [0, 0.05) is 5.39 Å². The molecule has 2 aromatic rings. The van der Waals surface area contributed by atoms with Crippen molar-refractivity contribution in [3.05, 3.63) is 47.7 Å². The van der Waals surface area contributed by atoms with Crippen LogP contribution in [-0.2, 0) is 30.5 Å². The molecule has 2 amide bonds. The lowest BCUT2D eigenvalue weighted by atomic mass is 9.85. The molecule has 156 valence electrons. The molecule has 1 aliphatic carbocycles. The van der Waals surface area contributed by atoms with Crippen LogP contribution in [0.4, 0.5) is 0 Å². The van der Waals surface area contributed by atoms with E-state index in [1.54, 1.807) is 31.2 Å². The zero-order valence-electron chi connectivity index (χ0n) is 16.5. The summed E-state index contributed by atoms with van der Waals surface area (Å²) in [6.07, 6.45) is 4.78. The molecule has 1 fully saturated rings. The van der Waals surface area contributed by atoms with E-state index >= 15 is 0 Å². The Kier molecular flexibility index (Phi) is 5.39. The van der Waals surface area contributed by atoms with Crippen molar-refractivity contribution in [1.29, 1.82) is 0 Å². The molecule has 2 aliphatic rings. The SMILES string of the molecule is CCOC(=O)c1oc2ccccc2c1COC(=O)CN1C(=O)[C@@H]2CC=CC[C@H]2C1=O. The Morgan fingerprint density at radius 3 is 2.40 bits per heavy atom. The van der Waals surface area contributed by atoms with Gasteiger partial charge in [-0.1, -0.05) is 30.4 Å². The van der Waals surface area contributed by atoms with Gasteiger partial charge in [0.1, 0.15) is 18.7 Å². The van der Waals surface area contributed by atoms with E-state index in [4.69, 9.17) is 13.9 Å². The summed E-state index contributed by atoms with van der Waals surface area (Å²) < 4.78 is 15.9. The van der Waals surface area contributed by atoms with E-state index in [9.17, 15) is 19.2 Å². The van der Waals surface area contributed by atoms with Gasteiger partial charge >= 0.3 is 11.9 Å². The van der Waals surface area contributed by atoms with Crippen LogP contribution in [-0.4, -0.2) is 41.8 Å². The Morgan fingerprint density at radius 1 is 1.07 bits per heavy atom. The standard InChI is InChI=1S/C22H21NO7/c1-2-28-22(27)19-16(13-7-5-6-10-17(13)30-19)12-29-18(24)11-23-20(25)14-8-3-4-9-15(14)21(23)26/h3-7,10,14-15H,2,8-9,11-12H2,1H3/t14-,15-/m1/s1. The van der Waals surface area contributed by atoms with Crippen LogP contribution in [0.5, 0.6) is 0 Å². The molecular weight excluding hydrogens is 390 g/mol. The van der Waals surface area contributed by atoms with Gasteiger partial charge in [-0.3, -0.25) is 19.3 Å². The average Bonchev–Trinajstić information content (AvgIpc) is 3.24. The number of allylic oxidation sites excluding steroid dienone is 2. The van der Waals surface area contributed by atoms with Gasteiger partial charge in [-0.15, -0.1) is 0 Å². The van der Waals surface area contributed by atoms with E-state index < -0.39 is 30.3 Å². The van der Waals surface area contributed by atoms with Crippen molar-refractivity contribution in [3.8, 4) is 0 Å². The monoisotopic (exact) mass is 411 g/mol. The third-order valence-electron chi connectivity index (χ3n) is 5.42. The Hall–Kier alpha value is -3.42. The molecule has 2 heterocycles. The topological polar surface area (TPSA) is 103 Å². The van der Waals surface area contributed by atoms with Gasteiger partial charge in [-0.25, -0.2) is 4.79 Å². The van der Waals surface area contributed by atoms with E-state index in [1.807, 2.05) is 12.2 Å². The second-order valence-electron chi connectivity index (χ2n) is 7.21. The maximum absolute atomic E-state index is 12.5. The highest BCUT2D eigenvalue weighted by Gasteiger charge is 2.47. The molecule has 0 bridgehead atoms. The van der Waals surface area contributed by atoms with Crippen LogP contribution in [0.3, 0.4) is 0 Å². The lowest BCUT2D eigenvalue weighted by Crippen LogP contribution is -2.36. The molecule has 0 radical (unpaired) electrons. The lowest BCUT2D eigenvalue weighted by molar-refractivity contribution is -0.153. The van der Waals surface area contributed by atoms with Gasteiger partial charge in [0.2, 0.25) is 17.6 Å².